The maximum atomic E-state index is 5.55. The van der Waals surface area contributed by atoms with Gasteiger partial charge in [0, 0.05) is 31.2 Å². The summed E-state index contributed by atoms with van der Waals surface area (Å²) < 4.78 is 12.0. The van der Waals surface area contributed by atoms with E-state index in [1.807, 2.05) is 19.1 Å². The molecule has 1 aromatic rings. The van der Waals surface area contributed by atoms with E-state index in [2.05, 4.69) is 26.2 Å². The van der Waals surface area contributed by atoms with Gasteiger partial charge >= 0.3 is 0 Å². The van der Waals surface area contributed by atoms with Crippen LogP contribution in [0.1, 0.15) is 12.1 Å². The Labute approximate surface area is 110 Å². The lowest BCUT2D eigenvalue weighted by Crippen LogP contribution is -2.39. The second-order valence-corrected chi connectivity index (χ2v) is 5.16. The lowest BCUT2D eigenvalue weighted by Gasteiger charge is -2.26. The third-order valence-electron chi connectivity index (χ3n) is 3.11. The first-order valence-corrected chi connectivity index (χ1v) is 6.44. The Morgan fingerprint density at radius 2 is 2.41 bits per heavy atom. The van der Waals surface area contributed by atoms with E-state index in [1.54, 1.807) is 7.11 Å². The summed E-state index contributed by atoms with van der Waals surface area (Å²) in [5.74, 6) is 0.869. The van der Waals surface area contributed by atoms with Gasteiger partial charge in [-0.25, -0.2) is 4.98 Å². The molecule has 2 heterocycles. The van der Waals surface area contributed by atoms with Crippen molar-refractivity contribution in [2.75, 3.05) is 32.2 Å². The summed E-state index contributed by atoms with van der Waals surface area (Å²) in [6.45, 7) is 4.10. The summed E-state index contributed by atoms with van der Waals surface area (Å²) in [4.78, 5) is 4.44. The van der Waals surface area contributed by atoms with Crippen LogP contribution in [0.4, 0.5) is 5.82 Å². The van der Waals surface area contributed by atoms with Crippen LogP contribution in [-0.2, 0) is 9.47 Å². The van der Waals surface area contributed by atoms with Crippen LogP contribution in [0, 0.1) is 6.92 Å². The highest BCUT2D eigenvalue weighted by Gasteiger charge is 2.34. The maximum Gasteiger partial charge on any atom is 0.126 e. The van der Waals surface area contributed by atoms with Crippen molar-refractivity contribution in [3.63, 3.8) is 0 Å². The predicted octanol–water partition coefficient (Wildman–Crippen LogP) is 2.37. The smallest absolute Gasteiger partial charge is 0.126 e. The first kappa shape index (κ1) is 12.8. The standard InChI is InChI=1S/C12H17BrN2O2/c1-9-10(13)3-4-11(15-9)14-7-12(16-2)5-6-17-8-12/h3-4H,5-8H2,1-2H3,(H,14,15). The fourth-order valence-electron chi connectivity index (χ4n) is 1.86. The molecule has 1 aromatic heterocycles. The molecule has 0 bridgehead atoms. The first-order valence-electron chi connectivity index (χ1n) is 5.65. The number of ether oxygens (including phenoxy) is 2. The van der Waals surface area contributed by atoms with Crippen molar-refractivity contribution in [3.05, 3.63) is 22.3 Å². The zero-order valence-corrected chi connectivity index (χ0v) is 11.7. The van der Waals surface area contributed by atoms with Crippen molar-refractivity contribution in [1.29, 1.82) is 0 Å². The topological polar surface area (TPSA) is 43.4 Å². The molecule has 1 N–H and O–H groups in total. The minimum absolute atomic E-state index is 0.206. The van der Waals surface area contributed by atoms with Gasteiger partial charge in [0.1, 0.15) is 11.4 Å². The molecule has 4 nitrogen and oxygen atoms in total. The Morgan fingerprint density at radius 3 is 3.00 bits per heavy atom. The molecule has 5 heteroatoms. The molecule has 0 aliphatic carbocycles. The number of aromatic nitrogens is 1. The van der Waals surface area contributed by atoms with E-state index >= 15 is 0 Å². The third-order valence-corrected chi connectivity index (χ3v) is 3.95. The minimum Gasteiger partial charge on any atom is -0.378 e. The number of aryl methyl sites for hydroxylation is 1. The van der Waals surface area contributed by atoms with Gasteiger partial charge in [-0.2, -0.15) is 0 Å². The van der Waals surface area contributed by atoms with Crippen molar-refractivity contribution >= 4 is 21.7 Å². The normalized spacial score (nSPS) is 23.9. The number of nitrogens with zero attached hydrogens (tertiary/aromatic N) is 1. The van der Waals surface area contributed by atoms with Crippen LogP contribution in [0.3, 0.4) is 0 Å². The molecule has 94 valence electrons. The highest BCUT2D eigenvalue weighted by molar-refractivity contribution is 9.10. The molecule has 0 amide bonds. The van der Waals surface area contributed by atoms with Crippen molar-refractivity contribution in [2.45, 2.75) is 18.9 Å². The SMILES string of the molecule is COC1(CNc2ccc(Br)c(C)n2)CCOC1. The third kappa shape index (κ3) is 2.97. The molecular weight excluding hydrogens is 284 g/mol. The Bertz CT molecular complexity index is 392. The van der Waals surface area contributed by atoms with Crippen molar-refractivity contribution in [1.82, 2.24) is 4.98 Å². The summed E-state index contributed by atoms with van der Waals surface area (Å²) in [5.41, 5.74) is 0.770. The lowest BCUT2D eigenvalue weighted by atomic mass is 10.0. The number of hydrogen-bond donors (Lipinski definition) is 1. The average molecular weight is 301 g/mol. The molecule has 17 heavy (non-hydrogen) atoms. The van der Waals surface area contributed by atoms with Crippen LogP contribution in [0.2, 0.25) is 0 Å². The van der Waals surface area contributed by atoms with Crippen LogP contribution < -0.4 is 5.32 Å². The molecule has 0 radical (unpaired) electrons. The molecular formula is C12H17BrN2O2. The molecule has 1 atom stereocenters. The van der Waals surface area contributed by atoms with Crippen molar-refractivity contribution in [3.8, 4) is 0 Å². The fourth-order valence-corrected chi connectivity index (χ4v) is 2.08. The van der Waals surface area contributed by atoms with Gasteiger partial charge in [-0.3, -0.25) is 0 Å². The van der Waals surface area contributed by atoms with Gasteiger partial charge in [-0.15, -0.1) is 0 Å². The molecule has 1 unspecified atom stereocenters. The Morgan fingerprint density at radius 1 is 1.59 bits per heavy atom. The molecule has 0 spiro atoms. The monoisotopic (exact) mass is 300 g/mol. The highest BCUT2D eigenvalue weighted by Crippen LogP contribution is 2.23. The van der Waals surface area contributed by atoms with Crippen LogP contribution >= 0.6 is 15.9 Å². The number of hydrogen-bond acceptors (Lipinski definition) is 4. The Hall–Kier alpha value is -0.650. The summed E-state index contributed by atoms with van der Waals surface area (Å²) >= 11 is 3.44. The van der Waals surface area contributed by atoms with Gasteiger partial charge in [-0.05, 0) is 35.0 Å². The van der Waals surface area contributed by atoms with E-state index in [0.29, 0.717) is 6.61 Å². The molecule has 1 aliphatic rings. The molecule has 0 saturated carbocycles. The predicted molar refractivity (Wildman–Crippen MR) is 70.3 cm³/mol. The number of methoxy groups -OCH3 is 1. The quantitative estimate of drug-likeness (QED) is 0.927. The first-order chi connectivity index (χ1) is 8.15. The maximum absolute atomic E-state index is 5.55. The summed E-state index contributed by atoms with van der Waals surface area (Å²) in [7, 11) is 1.73. The van der Waals surface area contributed by atoms with E-state index in [9.17, 15) is 0 Å². The van der Waals surface area contributed by atoms with E-state index in [1.165, 1.54) is 0 Å². The summed E-state index contributed by atoms with van der Waals surface area (Å²) in [6, 6.07) is 3.95. The van der Waals surface area contributed by atoms with Gasteiger partial charge < -0.3 is 14.8 Å². The number of nitrogens with one attached hydrogen (secondary N) is 1. The number of halogens is 1. The average Bonchev–Trinajstić information content (AvgIpc) is 2.80. The van der Waals surface area contributed by atoms with E-state index in [4.69, 9.17) is 9.47 Å². The molecule has 1 aliphatic heterocycles. The van der Waals surface area contributed by atoms with Crippen molar-refractivity contribution in [2.24, 2.45) is 0 Å². The Balaban J connectivity index is 1.99. The minimum atomic E-state index is -0.206. The molecule has 0 aromatic carbocycles. The van der Waals surface area contributed by atoms with Gasteiger partial charge in [0.15, 0.2) is 0 Å². The van der Waals surface area contributed by atoms with Gasteiger partial charge in [0.2, 0.25) is 0 Å². The number of anilines is 1. The lowest BCUT2D eigenvalue weighted by molar-refractivity contribution is -0.00625. The van der Waals surface area contributed by atoms with Gasteiger partial charge in [-0.1, -0.05) is 0 Å². The van der Waals surface area contributed by atoms with E-state index in [-0.39, 0.29) is 5.60 Å². The largest absolute Gasteiger partial charge is 0.378 e. The number of pyridine rings is 1. The van der Waals surface area contributed by atoms with Crippen LogP contribution in [0.15, 0.2) is 16.6 Å². The second kappa shape index (κ2) is 5.33. The zero-order valence-electron chi connectivity index (χ0n) is 10.1. The zero-order chi connectivity index (χ0) is 12.3. The van der Waals surface area contributed by atoms with Gasteiger partial charge in [0.25, 0.3) is 0 Å². The molecule has 1 saturated heterocycles. The van der Waals surface area contributed by atoms with Crippen LogP contribution in [0.5, 0.6) is 0 Å². The summed E-state index contributed by atoms with van der Waals surface area (Å²) in [5, 5.41) is 3.31. The fraction of sp³-hybridized carbons (Fsp3) is 0.583. The van der Waals surface area contributed by atoms with Gasteiger partial charge in [0.05, 0.1) is 12.3 Å². The summed E-state index contributed by atoms with van der Waals surface area (Å²) in [6.07, 6.45) is 0.923. The van der Waals surface area contributed by atoms with Crippen LogP contribution in [-0.4, -0.2) is 37.5 Å². The van der Waals surface area contributed by atoms with Crippen molar-refractivity contribution < 1.29 is 9.47 Å². The van der Waals surface area contributed by atoms with E-state index in [0.717, 1.165) is 35.6 Å². The van der Waals surface area contributed by atoms with E-state index < -0.39 is 0 Å². The number of rotatable bonds is 4. The molecule has 1 fully saturated rings. The highest BCUT2D eigenvalue weighted by atomic mass is 79.9. The molecule has 2 rings (SSSR count). The Kier molecular flexibility index (Phi) is 4.01. The second-order valence-electron chi connectivity index (χ2n) is 4.31. The van der Waals surface area contributed by atoms with Crippen LogP contribution in [0.25, 0.3) is 0 Å².